The molecule has 9 heteroatoms. The molecule has 3 aromatic carbocycles. The predicted octanol–water partition coefficient (Wildman–Crippen LogP) is 3.82. The molecule has 0 spiro atoms. The van der Waals surface area contributed by atoms with E-state index >= 15 is 0 Å². The zero-order valence-electron chi connectivity index (χ0n) is 16.9. The number of carbonyl (C=O) groups excluding carboxylic acids is 1. The van der Waals surface area contributed by atoms with Crippen LogP contribution in [-0.2, 0) is 11.2 Å². The summed E-state index contributed by atoms with van der Waals surface area (Å²) in [6, 6.07) is 11.9. The average Bonchev–Trinajstić information content (AvgIpc) is 2.73. The molecule has 0 bridgehead atoms. The number of fused-ring (bicyclic) bond motifs is 1. The Morgan fingerprint density at radius 3 is 2.28 bits per heavy atom. The molecule has 1 aliphatic rings. The zero-order chi connectivity index (χ0) is 23.0. The number of hydrogen-bond donors (Lipinski definition) is 6. The first-order chi connectivity index (χ1) is 15.2. The average molecular weight is 439 g/mol. The molecule has 32 heavy (non-hydrogen) atoms. The lowest BCUT2D eigenvalue weighted by atomic mass is 9.93. The van der Waals surface area contributed by atoms with E-state index in [4.69, 9.17) is 9.47 Å². The van der Waals surface area contributed by atoms with E-state index < -0.39 is 35.5 Å². The van der Waals surface area contributed by atoms with E-state index in [9.17, 15) is 30.3 Å². The summed E-state index contributed by atoms with van der Waals surface area (Å²) in [7, 11) is 0. The van der Waals surface area contributed by atoms with Crippen LogP contribution in [0.2, 0.25) is 0 Å². The summed E-state index contributed by atoms with van der Waals surface area (Å²) in [4.78, 5) is 12.6. The van der Waals surface area contributed by atoms with Gasteiger partial charge in [0.05, 0.1) is 0 Å². The van der Waals surface area contributed by atoms with Gasteiger partial charge in [-0.05, 0) is 31.2 Å². The fraction of sp³-hybridized carbons (Fsp3) is 0.174. The maximum atomic E-state index is 12.6. The van der Waals surface area contributed by atoms with Gasteiger partial charge in [-0.25, -0.2) is 4.79 Å². The summed E-state index contributed by atoms with van der Waals surface area (Å²) in [5, 5.41) is 52.1. The van der Waals surface area contributed by atoms with Crippen LogP contribution in [0.1, 0.15) is 22.8 Å². The Labute approximate surface area is 182 Å². The minimum absolute atomic E-state index is 0.0236. The Balaban J connectivity index is 1.66. The number of nitrogens with one attached hydrogen (secondary N) is 1. The summed E-state index contributed by atoms with van der Waals surface area (Å²) in [5.74, 6) is -2.18. The van der Waals surface area contributed by atoms with Crippen molar-refractivity contribution in [2.24, 2.45) is 0 Å². The molecule has 1 aliphatic heterocycles. The summed E-state index contributed by atoms with van der Waals surface area (Å²) in [5.41, 5.74) is 2.06. The number of benzene rings is 3. The van der Waals surface area contributed by atoms with Crippen LogP contribution in [0.4, 0.5) is 10.5 Å². The third kappa shape index (κ3) is 4.13. The molecule has 0 unspecified atom stereocenters. The van der Waals surface area contributed by atoms with Crippen LogP contribution in [-0.4, -0.2) is 37.7 Å². The molecular formula is C23H21NO8. The number of carbonyl (C=O) groups is 1. The van der Waals surface area contributed by atoms with Gasteiger partial charge in [-0.3, -0.25) is 5.32 Å². The number of aryl methyl sites for hydroxylation is 1. The van der Waals surface area contributed by atoms with Crippen molar-refractivity contribution in [3.05, 3.63) is 65.2 Å². The summed E-state index contributed by atoms with van der Waals surface area (Å²) < 4.78 is 11.5. The quantitative estimate of drug-likeness (QED) is 0.337. The fourth-order valence-corrected chi connectivity index (χ4v) is 3.55. The van der Waals surface area contributed by atoms with E-state index in [1.807, 2.05) is 19.1 Å². The highest BCUT2D eigenvalue weighted by Gasteiger charge is 2.37. The van der Waals surface area contributed by atoms with Gasteiger partial charge in [0.25, 0.3) is 0 Å². The predicted molar refractivity (Wildman–Crippen MR) is 113 cm³/mol. The third-order valence-electron chi connectivity index (χ3n) is 5.14. The summed E-state index contributed by atoms with van der Waals surface area (Å²) >= 11 is 0. The summed E-state index contributed by atoms with van der Waals surface area (Å²) in [6.45, 7) is 1.91. The molecule has 3 aromatic rings. The Morgan fingerprint density at radius 2 is 1.62 bits per heavy atom. The van der Waals surface area contributed by atoms with Crippen molar-refractivity contribution < 1.29 is 39.8 Å². The fourth-order valence-electron chi connectivity index (χ4n) is 3.55. The van der Waals surface area contributed by atoms with Crippen LogP contribution in [0.15, 0.2) is 48.5 Å². The number of aromatic hydroxyl groups is 5. The Morgan fingerprint density at radius 1 is 0.969 bits per heavy atom. The van der Waals surface area contributed by atoms with Gasteiger partial charge in [-0.15, -0.1) is 0 Å². The molecule has 0 fully saturated rings. The van der Waals surface area contributed by atoms with Crippen molar-refractivity contribution in [2.45, 2.75) is 25.6 Å². The highest BCUT2D eigenvalue weighted by atomic mass is 16.6. The molecule has 4 rings (SSSR count). The first-order valence-electron chi connectivity index (χ1n) is 9.72. The maximum absolute atomic E-state index is 12.6. The highest BCUT2D eigenvalue weighted by Crippen LogP contribution is 2.45. The van der Waals surface area contributed by atoms with Gasteiger partial charge in [0.1, 0.15) is 23.4 Å². The Kier molecular flexibility index (Phi) is 5.31. The van der Waals surface area contributed by atoms with E-state index in [1.54, 1.807) is 12.1 Å². The number of ether oxygens (including phenoxy) is 2. The SMILES string of the molecule is Cc1ccc(NC(=O)O[C@@H]2Cc3c(O)cc(O)cc3O[C@@H]2c2cc(O)c(O)c(O)c2)cc1. The van der Waals surface area contributed by atoms with E-state index in [0.29, 0.717) is 11.3 Å². The van der Waals surface area contributed by atoms with E-state index in [0.717, 1.165) is 11.6 Å². The largest absolute Gasteiger partial charge is 0.508 e. The van der Waals surface area contributed by atoms with Crippen LogP contribution < -0.4 is 10.1 Å². The van der Waals surface area contributed by atoms with Gasteiger partial charge in [-0.1, -0.05) is 17.7 Å². The molecule has 1 heterocycles. The van der Waals surface area contributed by atoms with Crippen LogP contribution in [0, 0.1) is 6.92 Å². The van der Waals surface area contributed by atoms with E-state index in [-0.39, 0.29) is 29.2 Å². The highest BCUT2D eigenvalue weighted by molar-refractivity contribution is 5.84. The number of amides is 1. The third-order valence-corrected chi connectivity index (χ3v) is 5.14. The molecule has 6 N–H and O–H groups in total. The summed E-state index contributed by atoms with van der Waals surface area (Å²) in [6.07, 6.45) is -2.76. The van der Waals surface area contributed by atoms with Crippen LogP contribution in [0.25, 0.3) is 0 Å². The minimum Gasteiger partial charge on any atom is -0.508 e. The van der Waals surface area contributed by atoms with E-state index in [1.165, 1.54) is 18.2 Å². The second-order valence-corrected chi connectivity index (χ2v) is 7.53. The van der Waals surface area contributed by atoms with Gasteiger partial charge in [-0.2, -0.15) is 0 Å². The molecular weight excluding hydrogens is 418 g/mol. The van der Waals surface area contributed by atoms with Crippen molar-refractivity contribution in [3.8, 4) is 34.5 Å². The molecule has 0 aliphatic carbocycles. The normalized spacial score (nSPS) is 17.2. The van der Waals surface area contributed by atoms with Crippen molar-refractivity contribution in [3.63, 3.8) is 0 Å². The van der Waals surface area contributed by atoms with Crippen LogP contribution in [0.3, 0.4) is 0 Å². The molecule has 0 saturated heterocycles. The molecule has 166 valence electrons. The zero-order valence-corrected chi connectivity index (χ0v) is 16.9. The lowest BCUT2D eigenvalue weighted by Crippen LogP contribution is -2.36. The minimum atomic E-state index is -1.02. The molecule has 9 nitrogen and oxygen atoms in total. The smallest absolute Gasteiger partial charge is 0.412 e. The second-order valence-electron chi connectivity index (χ2n) is 7.53. The van der Waals surface area contributed by atoms with Gasteiger partial charge in [0.15, 0.2) is 23.4 Å². The molecule has 0 aromatic heterocycles. The molecule has 0 radical (unpaired) electrons. The molecule has 2 atom stereocenters. The van der Waals surface area contributed by atoms with Crippen molar-refractivity contribution in [1.29, 1.82) is 0 Å². The number of anilines is 1. The van der Waals surface area contributed by atoms with Crippen LogP contribution >= 0.6 is 0 Å². The van der Waals surface area contributed by atoms with E-state index in [2.05, 4.69) is 5.32 Å². The van der Waals surface area contributed by atoms with Crippen molar-refractivity contribution in [1.82, 2.24) is 0 Å². The Hall–Kier alpha value is -4.27. The topological polar surface area (TPSA) is 149 Å². The first-order valence-corrected chi connectivity index (χ1v) is 9.72. The van der Waals surface area contributed by atoms with Gasteiger partial charge >= 0.3 is 6.09 Å². The number of phenolic OH excluding ortho intramolecular Hbond substituents is 5. The molecule has 0 saturated carbocycles. The van der Waals surface area contributed by atoms with Gasteiger partial charge in [0.2, 0.25) is 0 Å². The lowest BCUT2D eigenvalue weighted by Gasteiger charge is -2.34. The number of phenols is 5. The second kappa shape index (κ2) is 8.10. The standard InChI is InChI=1S/C23H21NO8/c1-11-2-4-13(5-3-11)24-23(30)32-20-10-15-16(26)8-14(25)9-19(15)31-22(20)12-6-17(27)21(29)18(28)7-12/h2-9,20,22,25-29H,10H2,1H3,(H,24,30)/t20-,22-/m1/s1. The monoisotopic (exact) mass is 439 g/mol. The number of hydrogen-bond acceptors (Lipinski definition) is 8. The first kappa shape index (κ1) is 21.0. The number of rotatable bonds is 3. The van der Waals surface area contributed by atoms with Crippen LogP contribution in [0.5, 0.6) is 34.5 Å². The lowest BCUT2D eigenvalue weighted by molar-refractivity contribution is 0.00790. The van der Waals surface area contributed by atoms with Crippen molar-refractivity contribution in [2.75, 3.05) is 5.32 Å². The molecule has 1 amide bonds. The maximum Gasteiger partial charge on any atom is 0.412 e. The Bertz CT molecular complexity index is 1150. The van der Waals surface area contributed by atoms with Gasteiger partial charge in [0, 0.05) is 35.4 Å². The van der Waals surface area contributed by atoms with Gasteiger partial charge < -0.3 is 35.0 Å². The van der Waals surface area contributed by atoms with Crippen molar-refractivity contribution >= 4 is 11.8 Å².